The van der Waals surface area contributed by atoms with Gasteiger partial charge in [0.05, 0.1) is 35.9 Å². The fourth-order valence-electron chi connectivity index (χ4n) is 7.92. The van der Waals surface area contributed by atoms with Crippen molar-refractivity contribution in [3.05, 3.63) is 53.7 Å². The maximum absolute atomic E-state index is 17.4. The van der Waals surface area contributed by atoms with E-state index in [2.05, 4.69) is 10.00 Å². The Balaban J connectivity index is 1.26. The first-order chi connectivity index (χ1) is 23.8. The summed E-state index contributed by atoms with van der Waals surface area (Å²) in [5.41, 5.74) is 1.37. The lowest BCUT2D eigenvalue weighted by Crippen LogP contribution is -2.41. The fourth-order valence-corrected chi connectivity index (χ4v) is 7.92. The number of methoxy groups -OCH3 is 1. The number of aromatic hydroxyl groups is 1. The number of aromatic nitrogens is 4. The SMILES string of the molecule is CCc1c(F)ccc2cc(O)cc(-c3c(F)c4nc(OCC5(CN6CCC(OC)CC6)CC5)nc(N5CCCC(O)C5)c4c4ccnn34)c12. The van der Waals surface area contributed by atoms with E-state index in [-0.39, 0.29) is 28.4 Å². The largest absolute Gasteiger partial charge is 0.508 e. The standard InChI is InChI=1S/C37H42F2N6O4/c1-3-26-28(38)7-6-22-17-24(47)18-27(30(22)26)34-32(39)33-31(29-8-13-40-45(29)34)35(44-14-4-5-23(46)19-44)42-36(41-33)49-21-37(11-12-37)20-43-15-9-25(48-2)10-16-43/h6-8,13,17-18,23,25,46-47H,3-5,9-12,14-16,19-21H2,1-2H3. The summed E-state index contributed by atoms with van der Waals surface area (Å²) >= 11 is 0. The summed E-state index contributed by atoms with van der Waals surface area (Å²) in [6.07, 6.45) is 7.23. The van der Waals surface area contributed by atoms with E-state index in [0.717, 1.165) is 51.7 Å². The summed E-state index contributed by atoms with van der Waals surface area (Å²) in [5.74, 6) is -0.687. The number of pyridine rings is 1. The van der Waals surface area contributed by atoms with Crippen molar-refractivity contribution < 1.29 is 28.5 Å². The van der Waals surface area contributed by atoms with Gasteiger partial charge in [-0.25, -0.2) is 13.3 Å². The van der Waals surface area contributed by atoms with Gasteiger partial charge in [0, 0.05) is 50.8 Å². The predicted molar refractivity (Wildman–Crippen MR) is 183 cm³/mol. The molecule has 1 atom stereocenters. The molecule has 0 radical (unpaired) electrons. The highest BCUT2D eigenvalue weighted by Crippen LogP contribution is 2.47. The van der Waals surface area contributed by atoms with Crippen LogP contribution < -0.4 is 9.64 Å². The molecule has 1 unspecified atom stereocenters. The monoisotopic (exact) mass is 672 g/mol. The summed E-state index contributed by atoms with van der Waals surface area (Å²) in [7, 11) is 1.77. The summed E-state index contributed by atoms with van der Waals surface area (Å²) in [6.45, 7) is 6.10. The van der Waals surface area contributed by atoms with E-state index in [1.54, 1.807) is 31.5 Å². The van der Waals surface area contributed by atoms with Crippen molar-refractivity contribution in [1.29, 1.82) is 0 Å². The first-order valence-electron chi connectivity index (χ1n) is 17.4. The van der Waals surface area contributed by atoms with Crippen molar-refractivity contribution in [2.24, 2.45) is 5.41 Å². The lowest BCUT2D eigenvalue weighted by Gasteiger charge is -2.34. The zero-order valence-electron chi connectivity index (χ0n) is 28.0. The minimum atomic E-state index is -0.683. The van der Waals surface area contributed by atoms with Crippen molar-refractivity contribution in [3.8, 4) is 23.0 Å². The third-order valence-electron chi connectivity index (χ3n) is 10.7. The minimum Gasteiger partial charge on any atom is -0.508 e. The number of phenolic OH excluding ortho intramolecular Hbond substituents is 1. The summed E-state index contributed by atoms with van der Waals surface area (Å²) < 4.78 is 45.9. The summed E-state index contributed by atoms with van der Waals surface area (Å²) in [5, 5.41) is 27.5. The number of β-amino-alcohol motifs (C(OH)–C–C–N with tert-alkyl or cyclic N) is 1. The summed E-state index contributed by atoms with van der Waals surface area (Å²) in [6, 6.07) is 7.82. The highest BCUT2D eigenvalue weighted by molar-refractivity contribution is 6.07. The molecule has 0 spiro atoms. The first-order valence-corrected chi connectivity index (χ1v) is 17.4. The predicted octanol–water partition coefficient (Wildman–Crippen LogP) is 5.87. The molecule has 3 aliphatic rings. The van der Waals surface area contributed by atoms with E-state index in [4.69, 9.17) is 19.4 Å². The van der Waals surface area contributed by atoms with Crippen molar-refractivity contribution >= 4 is 33.0 Å². The Kier molecular flexibility index (Phi) is 8.28. The molecule has 5 heterocycles. The number of fused-ring (bicyclic) bond motifs is 4. The molecule has 1 aliphatic carbocycles. The lowest BCUT2D eigenvalue weighted by molar-refractivity contribution is 0.0313. The Morgan fingerprint density at radius 1 is 1.02 bits per heavy atom. The highest BCUT2D eigenvalue weighted by atomic mass is 19.1. The number of benzene rings is 2. The van der Waals surface area contributed by atoms with Gasteiger partial charge in [-0.05, 0) is 85.5 Å². The normalized spacial score (nSPS) is 20.1. The number of halogens is 2. The second kappa shape index (κ2) is 12.6. The number of hydrogen-bond acceptors (Lipinski definition) is 9. The van der Waals surface area contributed by atoms with Crippen molar-refractivity contribution in [1.82, 2.24) is 24.5 Å². The van der Waals surface area contributed by atoms with Gasteiger partial charge in [-0.2, -0.15) is 15.1 Å². The average molecular weight is 673 g/mol. The van der Waals surface area contributed by atoms with Crippen LogP contribution in [-0.4, -0.2) is 93.3 Å². The van der Waals surface area contributed by atoms with Gasteiger partial charge in [-0.3, -0.25) is 0 Å². The second-order valence-electron chi connectivity index (χ2n) is 14.1. The molecular weight excluding hydrogens is 630 g/mol. The number of anilines is 1. The van der Waals surface area contributed by atoms with Crippen LogP contribution in [0.5, 0.6) is 11.8 Å². The molecular formula is C37H42F2N6O4. The second-order valence-corrected chi connectivity index (χ2v) is 14.1. The van der Waals surface area contributed by atoms with Gasteiger partial charge >= 0.3 is 6.01 Å². The molecule has 2 aliphatic heterocycles. The molecule has 12 heteroatoms. The molecule has 0 bridgehead atoms. The number of aryl methyl sites for hydroxylation is 1. The Morgan fingerprint density at radius 3 is 2.57 bits per heavy atom. The molecule has 49 heavy (non-hydrogen) atoms. The molecule has 3 aromatic heterocycles. The average Bonchev–Trinajstić information content (AvgIpc) is 3.70. The van der Waals surface area contributed by atoms with Crippen molar-refractivity contribution in [2.75, 3.05) is 51.3 Å². The van der Waals surface area contributed by atoms with Crippen LogP contribution in [0.15, 0.2) is 36.5 Å². The van der Waals surface area contributed by atoms with Crippen LogP contribution in [0.2, 0.25) is 0 Å². The Hall–Kier alpha value is -4.13. The van der Waals surface area contributed by atoms with Gasteiger partial charge in [0.25, 0.3) is 0 Å². The van der Waals surface area contributed by atoms with E-state index in [0.29, 0.717) is 77.3 Å². The molecule has 2 saturated heterocycles. The summed E-state index contributed by atoms with van der Waals surface area (Å²) in [4.78, 5) is 14.1. The maximum Gasteiger partial charge on any atom is 0.319 e. The zero-order chi connectivity index (χ0) is 33.9. The van der Waals surface area contributed by atoms with E-state index < -0.39 is 17.7 Å². The maximum atomic E-state index is 17.4. The van der Waals surface area contributed by atoms with Gasteiger partial charge in [-0.1, -0.05) is 13.0 Å². The first kappa shape index (κ1) is 32.1. The molecule has 3 fully saturated rings. The van der Waals surface area contributed by atoms with E-state index in [9.17, 15) is 10.2 Å². The number of phenols is 1. The number of hydrogen-bond donors (Lipinski definition) is 2. The van der Waals surface area contributed by atoms with Crippen LogP contribution in [0.3, 0.4) is 0 Å². The van der Waals surface area contributed by atoms with E-state index in [1.807, 2.05) is 11.8 Å². The van der Waals surface area contributed by atoms with E-state index in [1.165, 1.54) is 16.6 Å². The Bertz CT molecular complexity index is 2040. The Labute approximate surface area is 283 Å². The van der Waals surface area contributed by atoms with Crippen LogP contribution in [0, 0.1) is 17.0 Å². The molecule has 1 saturated carbocycles. The quantitative estimate of drug-likeness (QED) is 0.199. The third-order valence-corrected chi connectivity index (χ3v) is 10.7. The molecule has 8 rings (SSSR count). The minimum absolute atomic E-state index is 0.0140. The van der Waals surface area contributed by atoms with Gasteiger partial charge in [-0.15, -0.1) is 0 Å². The number of likely N-dealkylation sites (tertiary alicyclic amines) is 1. The fraction of sp³-hybridized carbons (Fsp3) is 0.486. The van der Waals surface area contributed by atoms with Crippen LogP contribution >= 0.6 is 0 Å². The molecule has 2 aromatic carbocycles. The number of rotatable bonds is 9. The highest BCUT2D eigenvalue weighted by Gasteiger charge is 2.45. The molecule has 2 N–H and O–H groups in total. The zero-order valence-corrected chi connectivity index (χ0v) is 28.0. The van der Waals surface area contributed by atoms with Crippen LogP contribution in [0.4, 0.5) is 14.6 Å². The van der Waals surface area contributed by atoms with Gasteiger partial charge < -0.3 is 29.5 Å². The molecule has 10 nitrogen and oxygen atoms in total. The van der Waals surface area contributed by atoms with Crippen molar-refractivity contribution in [3.63, 3.8) is 0 Å². The number of nitrogens with zero attached hydrogens (tertiary/aromatic N) is 6. The third kappa shape index (κ3) is 5.83. The Morgan fingerprint density at radius 2 is 1.84 bits per heavy atom. The lowest BCUT2D eigenvalue weighted by atomic mass is 9.94. The number of aliphatic hydroxyl groups excluding tert-OH is 1. The molecule has 5 aromatic rings. The van der Waals surface area contributed by atoms with Crippen molar-refractivity contribution in [2.45, 2.75) is 64.1 Å². The van der Waals surface area contributed by atoms with Crippen LogP contribution in [-0.2, 0) is 11.2 Å². The van der Waals surface area contributed by atoms with Gasteiger partial charge in [0.2, 0.25) is 0 Å². The van der Waals surface area contributed by atoms with Crippen LogP contribution in [0.25, 0.3) is 38.4 Å². The topological polar surface area (TPSA) is 108 Å². The van der Waals surface area contributed by atoms with Gasteiger partial charge in [0.15, 0.2) is 5.82 Å². The molecule has 258 valence electrons. The number of piperidine rings is 2. The number of aliphatic hydroxyl groups is 1. The van der Waals surface area contributed by atoms with Gasteiger partial charge in [0.1, 0.15) is 28.6 Å². The van der Waals surface area contributed by atoms with Crippen LogP contribution in [0.1, 0.15) is 51.0 Å². The smallest absolute Gasteiger partial charge is 0.319 e. The number of ether oxygens (including phenoxy) is 2. The molecule has 0 amide bonds. The van der Waals surface area contributed by atoms with E-state index >= 15 is 8.78 Å².